The van der Waals surface area contributed by atoms with Crippen LogP contribution in [-0.4, -0.2) is 16.6 Å². The van der Waals surface area contributed by atoms with Gasteiger partial charge >= 0.3 is 5.97 Å². The van der Waals surface area contributed by atoms with Crippen LogP contribution in [0.25, 0.3) is 0 Å². The molecule has 1 unspecified atom stereocenters. The second kappa shape index (κ2) is 4.29. The van der Waals surface area contributed by atoms with Gasteiger partial charge in [-0.25, -0.2) is 0 Å². The monoisotopic (exact) mass is 223 g/mol. The summed E-state index contributed by atoms with van der Waals surface area (Å²) in [7, 11) is 0. The summed E-state index contributed by atoms with van der Waals surface area (Å²) in [6.45, 7) is 1.93. The van der Waals surface area contributed by atoms with E-state index in [2.05, 4.69) is 5.32 Å². The van der Waals surface area contributed by atoms with Crippen molar-refractivity contribution >= 4 is 5.97 Å². The molecule has 1 fully saturated rings. The third-order valence-corrected chi connectivity index (χ3v) is 3.33. The molecule has 0 radical (unpaired) electrons. The van der Waals surface area contributed by atoms with Gasteiger partial charge in [0.25, 0.3) is 0 Å². The van der Waals surface area contributed by atoms with Crippen molar-refractivity contribution in [1.29, 1.82) is 0 Å². The predicted molar refractivity (Wildman–Crippen MR) is 59.1 cm³/mol. The lowest BCUT2D eigenvalue weighted by Crippen LogP contribution is -2.50. The van der Waals surface area contributed by atoms with Crippen molar-refractivity contribution < 1.29 is 14.3 Å². The fourth-order valence-corrected chi connectivity index (χ4v) is 2.42. The number of carboxylic acid groups (broad SMARTS) is 1. The summed E-state index contributed by atoms with van der Waals surface area (Å²) >= 11 is 0. The van der Waals surface area contributed by atoms with E-state index in [1.54, 1.807) is 6.26 Å². The zero-order chi connectivity index (χ0) is 11.6. The number of carboxylic acids is 1. The first kappa shape index (κ1) is 11.2. The van der Waals surface area contributed by atoms with Gasteiger partial charge in [0.2, 0.25) is 0 Å². The SMILES string of the molecule is CC(NC1(C(=O)O)CCCC1)c1ccco1. The normalized spacial score (nSPS) is 20.8. The Bertz CT molecular complexity index is 352. The van der Waals surface area contributed by atoms with Crippen molar-refractivity contribution in [3.05, 3.63) is 24.2 Å². The number of nitrogens with one attached hydrogen (secondary N) is 1. The van der Waals surface area contributed by atoms with E-state index in [9.17, 15) is 9.90 Å². The van der Waals surface area contributed by atoms with E-state index in [0.717, 1.165) is 18.6 Å². The van der Waals surface area contributed by atoms with Crippen LogP contribution in [0.15, 0.2) is 22.8 Å². The first-order chi connectivity index (χ1) is 7.64. The maximum atomic E-state index is 11.3. The number of carbonyl (C=O) groups is 1. The van der Waals surface area contributed by atoms with E-state index in [-0.39, 0.29) is 6.04 Å². The molecule has 16 heavy (non-hydrogen) atoms. The first-order valence-electron chi connectivity index (χ1n) is 5.68. The summed E-state index contributed by atoms with van der Waals surface area (Å²) in [5.74, 6) is 0.0379. The molecule has 0 saturated heterocycles. The molecular formula is C12H17NO3. The molecule has 1 aliphatic rings. The Morgan fingerprint density at radius 1 is 1.56 bits per heavy atom. The molecule has 88 valence electrons. The van der Waals surface area contributed by atoms with E-state index in [1.165, 1.54) is 0 Å². The van der Waals surface area contributed by atoms with Crippen molar-refractivity contribution in [3.63, 3.8) is 0 Å². The van der Waals surface area contributed by atoms with Crippen molar-refractivity contribution in [2.24, 2.45) is 0 Å². The molecule has 1 aromatic rings. The number of rotatable bonds is 4. The van der Waals surface area contributed by atoms with Crippen LogP contribution in [0.2, 0.25) is 0 Å². The minimum absolute atomic E-state index is 0.0656. The van der Waals surface area contributed by atoms with Gasteiger partial charge in [0.05, 0.1) is 12.3 Å². The summed E-state index contributed by atoms with van der Waals surface area (Å²) in [5, 5.41) is 12.5. The van der Waals surface area contributed by atoms with Gasteiger partial charge in [-0.05, 0) is 31.9 Å². The Kier molecular flexibility index (Phi) is 3.01. The first-order valence-corrected chi connectivity index (χ1v) is 5.68. The van der Waals surface area contributed by atoms with Gasteiger partial charge in [-0.15, -0.1) is 0 Å². The second-order valence-corrected chi connectivity index (χ2v) is 4.48. The van der Waals surface area contributed by atoms with Gasteiger partial charge in [-0.2, -0.15) is 0 Å². The Morgan fingerprint density at radius 3 is 2.75 bits per heavy atom. The molecule has 0 bridgehead atoms. The highest BCUT2D eigenvalue weighted by Gasteiger charge is 2.42. The highest BCUT2D eigenvalue weighted by atomic mass is 16.4. The van der Waals surface area contributed by atoms with Crippen LogP contribution in [0, 0.1) is 0 Å². The average molecular weight is 223 g/mol. The van der Waals surface area contributed by atoms with E-state index < -0.39 is 11.5 Å². The molecule has 4 nitrogen and oxygen atoms in total. The lowest BCUT2D eigenvalue weighted by atomic mass is 9.96. The Hall–Kier alpha value is -1.29. The van der Waals surface area contributed by atoms with Crippen LogP contribution >= 0.6 is 0 Å². The second-order valence-electron chi connectivity index (χ2n) is 4.48. The average Bonchev–Trinajstić information content (AvgIpc) is 2.88. The minimum Gasteiger partial charge on any atom is -0.480 e. The Balaban J connectivity index is 2.09. The van der Waals surface area contributed by atoms with Crippen LogP contribution in [0.3, 0.4) is 0 Å². The lowest BCUT2D eigenvalue weighted by molar-refractivity contribution is -0.145. The highest BCUT2D eigenvalue weighted by molar-refractivity contribution is 5.79. The molecule has 1 aliphatic carbocycles. The largest absolute Gasteiger partial charge is 0.480 e. The fourth-order valence-electron chi connectivity index (χ4n) is 2.42. The zero-order valence-corrected chi connectivity index (χ0v) is 9.40. The van der Waals surface area contributed by atoms with Crippen molar-refractivity contribution in [3.8, 4) is 0 Å². The zero-order valence-electron chi connectivity index (χ0n) is 9.40. The van der Waals surface area contributed by atoms with Crippen molar-refractivity contribution in [2.75, 3.05) is 0 Å². The molecule has 0 aromatic carbocycles. The fraction of sp³-hybridized carbons (Fsp3) is 0.583. The van der Waals surface area contributed by atoms with E-state index >= 15 is 0 Å². The maximum absolute atomic E-state index is 11.3. The highest BCUT2D eigenvalue weighted by Crippen LogP contribution is 2.32. The lowest BCUT2D eigenvalue weighted by Gasteiger charge is -2.28. The van der Waals surface area contributed by atoms with Crippen molar-refractivity contribution in [1.82, 2.24) is 5.32 Å². The van der Waals surface area contributed by atoms with Crippen LogP contribution in [0.4, 0.5) is 0 Å². The topological polar surface area (TPSA) is 62.5 Å². The summed E-state index contributed by atoms with van der Waals surface area (Å²) in [5.41, 5.74) is -0.758. The molecule has 0 amide bonds. The number of hydrogen-bond acceptors (Lipinski definition) is 3. The third-order valence-electron chi connectivity index (χ3n) is 3.33. The summed E-state index contributed by atoms with van der Waals surface area (Å²) in [6, 6.07) is 3.61. The standard InChI is InChI=1S/C12H17NO3/c1-9(10-5-4-8-16-10)13-12(11(14)15)6-2-3-7-12/h4-5,8-9,13H,2-3,6-7H2,1H3,(H,14,15). The van der Waals surface area contributed by atoms with Gasteiger partial charge in [0.15, 0.2) is 0 Å². The summed E-state index contributed by atoms with van der Waals surface area (Å²) in [4.78, 5) is 11.3. The smallest absolute Gasteiger partial charge is 0.323 e. The van der Waals surface area contributed by atoms with Crippen LogP contribution in [0.1, 0.15) is 44.4 Å². The van der Waals surface area contributed by atoms with Gasteiger partial charge in [-0.3, -0.25) is 10.1 Å². The number of hydrogen-bond donors (Lipinski definition) is 2. The summed E-state index contributed by atoms with van der Waals surface area (Å²) in [6.07, 6.45) is 4.96. The molecular weight excluding hydrogens is 206 g/mol. The van der Waals surface area contributed by atoms with Gasteiger partial charge in [-0.1, -0.05) is 12.8 Å². The van der Waals surface area contributed by atoms with Gasteiger partial charge < -0.3 is 9.52 Å². The van der Waals surface area contributed by atoms with E-state index in [4.69, 9.17) is 4.42 Å². The van der Waals surface area contributed by atoms with Gasteiger partial charge in [0, 0.05) is 0 Å². The van der Waals surface area contributed by atoms with Gasteiger partial charge in [0.1, 0.15) is 11.3 Å². The Labute approximate surface area is 94.6 Å². The van der Waals surface area contributed by atoms with Crippen molar-refractivity contribution in [2.45, 2.75) is 44.2 Å². The number of aliphatic carboxylic acids is 1. The van der Waals surface area contributed by atoms with E-state index in [0.29, 0.717) is 12.8 Å². The third kappa shape index (κ3) is 1.97. The maximum Gasteiger partial charge on any atom is 0.323 e. The predicted octanol–water partition coefficient (Wildman–Crippen LogP) is 2.33. The van der Waals surface area contributed by atoms with E-state index in [1.807, 2.05) is 19.1 Å². The van der Waals surface area contributed by atoms with Crippen LogP contribution in [-0.2, 0) is 4.79 Å². The molecule has 0 aliphatic heterocycles. The molecule has 1 heterocycles. The van der Waals surface area contributed by atoms with Crippen LogP contribution in [0.5, 0.6) is 0 Å². The molecule has 0 spiro atoms. The molecule has 1 atom stereocenters. The molecule has 2 rings (SSSR count). The molecule has 1 aromatic heterocycles. The van der Waals surface area contributed by atoms with Crippen LogP contribution < -0.4 is 5.32 Å². The minimum atomic E-state index is -0.758. The molecule has 1 saturated carbocycles. The molecule has 4 heteroatoms. The Morgan fingerprint density at radius 2 is 2.25 bits per heavy atom. The number of furan rings is 1. The summed E-state index contributed by atoms with van der Waals surface area (Å²) < 4.78 is 5.27. The molecule has 2 N–H and O–H groups in total. The quantitative estimate of drug-likeness (QED) is 0.822.